The molecule has 2 aromatic rings. The summed E-state index contributed by atoms with van der Waals surface area (Å²) >= 11 is 6.98. The van der Waals surface area contributed by atoms with Crippen molar-refractivity contribution in [2.45, 2.75) is 6.61 Å². The molecule has 1 aliphatic rings. The lowest BCUT2D eigenvalue weighted by molar-refractivity contribution is -0.141. The second-order valence-electron chi connectivity index (χ2n) is 5.28. The first kappa shape index (κ1) is 17.5. The lowest BCUT2D eigenvalue weighted by atomic mass is 9.95. The molecule has 4 nitrogen and oxygen atoms in total. The number of ketones is 2. The van der Waals surface area contributed by atoms with Crippen molar-refractivity contribution in [1.82, 2.24) is 0 Å². The molecule has 25 heavy (non-hydrogen) atoms. The zero-order chi connectivity index (χ0) is 17.8. The van der Waals surface area contributed by atoms with E-state index in [9.17, 15) is 14.4 Å². The lowest BCUT2D eigenvalue weighted by Crippen LogP contribution is -2.19. The molecular formula is C19H13ClO4S. The van der Waals surface area contributed by atoms with Gasteiger partial charge < -0.3 is 4.74 Å². The van der Waals surface area contributed by atoms with Crippen LogP contribution in [0.3, 0.4) is 0 Å². The zero-order valence-corrected chi connectivity index (χ0v) is 14.6. The largest absolute Gasteiger partial charge is 0.460 e. The molecule has 126 valence electrons. The van der Waals surface area contributed by atoms with Crippen molar-refractivity contribution in [2.24, 2.45) is 0 Å². The van der Waals surface area contributed by atoms with Gasteiger partial charge in [-0.05, 0) is 5.56 Å². The summed E-state index contributed by atoms with van der Waals surface area (Å²) in [6.45, 7) is 0.155. The highest BCUT2D eigenvalue weighted by Crippen LogP contribution is 2.34. The molecule has 0 amide bonds. The number of allylic oxidation sites excluding steroid dienone is 2. The van der Waals surface area contributed by atoms with Gasteiger partial charge in [-0.15, -0.1) is 11.8 Å². The van der Waals surface area contributed by atoms with Gasteiger partial charge in [0.15, 0.2) is 0 Å². The second kappa shape index (κ2) is 7.68. The van der Waals surface area contributed by atoms with Gasteiger partial charge in [0.1, 0.15) is 11.6 Å². The molecule has 6 heteroatoms. The van der Waals surface area contributed by atoms with E-state index in [1.807, 2.05) is 30.3 Å². The van der Waals surface area contributed by atoms with E-state index in [0.717, 1.165) is 17.3 Å². The average molecular weight is 373 g/mol. The van der Waals surface area contributed by atoms with E-state index in [2.05, 4.69) is 0 Å². The molecular weight excluding hydrogens is 360 g/mol. The molecule has 0 unspecified atom stereocenters. The van der Waals surface area contributed by atoms with Crippen LogP contribution in [0, 0.1) is 0 Å². The fraction of sp³-hybridized carbons (Fsp3) is 0.105. The molecule has 0 aromatic heterocycles. The number of hydrogen-bond donors (Lipinski definition) is 0. The fourth-order valence-corrected chi connectivity index (χ4v) is 3.52. The third kappa shape index (κ3) is 3.83. The Morgan fingerprint density at radius 3 is 2.20 bits per heavy atom. The van der Waals surface area contributed by atoms with E-state index >= 15 is 0 Å². The van der Waals surface area contributed by atoms with Crippen LogP contribution in [-0.4, -0.2) is 23.3 Å². The molecule has 2 aromatic carbocycles. The van der Waals surface area contributed by atoms with Gasteiger partial charge in [0.2, 0.25) is 11.6 Å². The van der Waals surface area contributed by atoms with Gasteiger partial charge in [-0.2, -0.15) is 0 Å². The van der Waals surface area contributed by atoms with Crippen molar-refractivity contribution in [3.05, 3.63) is 81.2 Å². The van der Waals surface area contributed by atoms with Crippen molar-refractivity contribution in [3.63, 3.8) is 0 Å². The van der Waals surface area contributed by atoms with E-state index in [0.29, 0.717) is 5.56 Å². The first-order valence-electron chi connectivity index (χ1n) is 7.48. The highest BCUT2D eigenvalue weighted by molar-refractivity contribution is 8.04. The lowest BCUT2D eigenvalue weighted by Gasteiger charge is -2.16. The van der Waals surface area contributed by atoms with Crippen molar-refractivity contribution in [3.8, 4) is 0 Å². The predicted octanol–water partition coefficient (Wildman–Crippen LogP) is 3.99. The summed E-state index contributed by atoms with van der Waals surface area (Å²) in [5, 5.41) is -0.149. The normalized spacial score (nSPS) is 13.6. The molecule has 0 aliphatic heterocycles. The van der Waals surface area contributed by atoms with Gasteiger partial charge in [0.25, 0.3) is 0 Å². The van der Waals surface area contributed by atoms with E-state index in [1.165, 1.54) is 0 Å². The van der Waals surface area contributed by atoms with Gasteiger partial charge in [0.05, 0.1) is 10.7 Å². The van der Waals surface area contributed by atoms with Crippen LogP contribution in [0.5, 0.6) is 0 Å². The van der Waals surface area contributed by atoms with Gasteiger partial charge in [-0.3, -0.25) is 14.4 Å². The Hall–Kier alpha value is -2.37. The summed E-state index contributed by atoms with van der Waals surface area (Å²) in [6, 6.07) is 15.8. The van der Waals surface area contributed by atoms with Crippen molar-refractivity contribution in [1.29, 1.82) is 0 Å². The number of thioether (sulfide) groups is 1. The predicted molar refractivity (Wildman–Crippen MR) is 96.7 cm³/mol. The summed E-state index contributed by atoms with van der Waals surface area (Å²) < 4.78 is 5.16. The summed E-state index contributed by atoms with van der Waals surface area (Å²) in [7, 11) is 0. The Kier molecular flexibility index (Phi) is 5.36. The molecule has 0 atom stereocenters. The summed E-state index contributed by atoms with van der Waals surface area (Å²) in [5.74, 6) is -1.33. The Morgan fingerprint density at radius 1 is 0.920 bits per heavy atom. The van der Waals surface area contributed by atoms with Gasteiger partial charge >= 0.3 is 5.97 Å². The smallest absolute Gasteiger partial charge is 0.316 e. The third-order valence-electron chi connectivity index (χ3n) is 3.60. The zero-order valence-electron chi connectivity index (χ0n) is 13.0. The van der Waals surface area contributed by atoms with Crippen LogP contribution in [0.15, 0.2) is 64.5 Å². The monoisotopic (exact) mass is 372 g/mol. The highest BCUT2D eigenvalue weighted by Gasteiger charge is 2.31. The van der Waals surface area contributed by atoms with Crippen LogP contribution < -0.4 is 0 Å². The minimum atomic E-state index is -0.482. The Balaban J connectivity index is 1.64. The maximum absolute atomic E-state index is 12.5. The number of esters is 1. The Labute approximate surface area is 153 Å². The molecule has 3 rings (SSSR count). The van der Waals surface area contributed by atoms with Gasteiger partial charge in [-0.25, -0.2) is 0 Å². The Morgan fingerprint density at radius 2 is 1.52 bits per heavy atom. The SMILES string of the molecule is O=C(CSC1=C(Cl)C(=O)c2ccccc2C1=O)OCc1ccccc1. The summed E-state index contributed by atoms with van der Waals surface area (Å²) in [6.07, 6.45) is 0. The molecule has 0 heterocycles. The van der Waals surface area contributed by atoms with E-state index in [-0.39, 0.29) is 33.6 Å². The van der Waals surface area contributed by atoms with Gasteiger partial charge in [-0.1, -0.05) is 66.2 Å². The van der Waals surface area contributed by atoms with Crippen LogP contribution in [0.2, 0.25) is 0 Å². The van der Waals surface area contributed by atoms with Crippen molar-refractivity contribution < 1.29 is 19.1 Å². The topological polar surface area (TPSA) is 60.4 Å². The summed E-state index contributed by atoms with van der Waals surface area (Å²) in [4.78, 5) is 36.7. The molecule has 0 saturated heterocycles. The molecule has 0 saturated carbocycles. The summed E-state index contributed by atoms with van der Waals surface area (Å²) in [5.41, 5.74) is 1.46. The van der Waals surface area contributed by atoms with E-state index in [1.54, 1.807) is 24.3 Å². The number of fused-ring (bicyclic) bond motifs is 1. The standard InChI is InChI=1S/C19H13ClO4S/c20-16-17(22)13-8-4-5-9-14(13)18(23)19(16)25-11-15(21)24-10-12-6-2-1-3-7-12/h1-9H,10-11H2. The number of Topliss-reactive ketones (excluding diaryl/α,β-unsaturated/α-hetero) is 2. The number of carbonyl (C=O) groups excluding carboxylic acids is 3. The second-order valence-corrected chi connectivity index (χ2v) is 6.65. The van der Waals surface area contributed by atoms with Crippen LogP contribution in [-0.2, 0) is 16.1 Å². The highest BCUT2D eigenvalue weighted by atomic mass is 35.5. The first-order valence-corrected chi connectivity index (χ1v) is 8.85. The number of rotatable bonds is 5. The average Bonchev–Trinajstić information content (AvgIpc) is 2.65. The van der Waals surface area contributed by atoms with E-state index < -0.39 is 11.8 Å². The minimum absolute atomic E-state index is 0.0852. The van der Waals surface area contributed by atoms with Crippen LogP contribution >= 0.6 is 23.4 Å². The molecule has 0 fully saturated rings. The Bertz CT molecular complexity index is 874. The minimum Gasteiger partial charge on any atom is -0.460 e. The molecule has 0 radical (unpaired) electrons. The number of benzene rings is 2. The van der Waals surface area contributed by atoms with Crippen LogP contribution in [0.25, 0.3) is 0 Å². The maximum Gasteiger partial charge on any atom is 0.316 e. The number of halogens is 1. The number of ether oxygens (including phenoxy) is 1. The maximum atomic E-state index is 12.5. The van der Waals surface area contributed by atoms with Gasteiger partial charge in [0, 0.05) is 11.1 Å². The quantitative estimate of drug-likeness (QED) is 0.742. The fourth-order valence-electron chi connectivity index (χ4n) is 2.36. The molecule has 0 bridgehead atoms. The number of hydrogen-bond acceptors (Lipinski definition) is 5. The van der Waals surface area contributed by atoms with Crippen LogP contribution in [0.4, 0.5) is 0 Å². The van der Waals surface area contributed by atoms with Crippen molar-refractivity contribution in [2.75, 3.05) is 5.75 Å². The van der Waals surface area contributed by atoms with Crippen molar-refractivity contribution >= 4 is 40.9 Å². The number of carbonyl (C=O) groups is 3. The third-order valence-corrected chi connectivity index (χ3v) is 5.13. The first-order chi connectivity index (χ1) is 12.1. The molecule has 0 N–H and O–H groups in total. The van der Waals surface area contributed by atoms with E-state index in [4.69, 9.17) is 16.3 Å². The molecule has 1 aliphatic carbocycles. The van der Waals surface area contributed by atoms with Crippen LogP contribution in [0.1, 0.15) is 26.3 Å². The molecule has 0 spiro atoms.